The molecule has 3 aromatic heterocycles. The summed E-state index contributed by atoms with van der Waals surface area (Å²) in [5.41, 5.74) is 0.900. The summed E-state index contributed by atoms with van der Waals surface area (Å²) in [6.45, 7) is 4.72. The summed E-state index contributed by atoms with van der Waals surface area (Å²) in [6.07, 6.45) is 0.800. The van der Waals surface area contributed by atoms with Crippen LogP contribution >= 0.6 is 0 Å². The number of aromatic nitrogens is 5. The molecule has 8 nitrogen and oxygen atoms in total. The summed E-state index contributed by atoms with van der Waals surface area (Å²) >= 11 is 0. The second kappa shape index (κ2) is 6.67. The van der Waals surface area contributed by atoms with Gasteiger partial charge in [-0.05, 0) is 25.3 Å². The molecule has 4 rings (SSSR count). The minimum atomic E-state index is -2.71. The lowest BCUT2D eigenvalue weighted by atomic mass is 9.84. The van der Waals surface area contributed by atoms with Gasteiger partial charge in [0.25, 0.3) is 18.1 Å². The third kappa shape index (κ3) is 3.04. The van der Waals surface area contributed by atoms with Crippen molar-refractivity contribution in [3.8, 4) is 0 Å². The molecule has 10 heteroatoms. The standard InChI is InChI=1S/C17H18F2N6O2/c1-9-3-4-24(16(26)14-10(2)6-22-27-14)7-11(9)13-5-12(15(18)19)23-17-20-8-21-25(13)17/h5-6,8-9,11,15H,3-4,7H2,1-2H3/t9-,11-/m1/s1. The number of alkyl halides is 2. The van der Waals surface area contributed by atoms with E-state index < -0.39 is 6.43 Å². The molecule has 0 radical (unpaired) electrons. The fourth-order valence-corrected chi connectivity index (χ4v) is 3.51. The van der Waals surface area contributed by atoms with Gasteiger partial charge in [0.1, 0.15) is 12.0 Å². The van der Waals surface area contributed by atoms with Gasteiger partial charge in [-0.15, -0.1) is 0 Å². The lowest BCUT2D eigenvalue weighted by Gasteiger charge is -2.36. The number of rotatable bonds is 3. The van der Waals surface area contributed by atoms with Crippen molar-refractivity contribution in [2.24, 2.45) is 5.92 Å². The van der Waals surface area contributed by atoms with Crippen molar-refractivity contribution in [2.75, 3.05) is 13.1 Å². The number of halogens is 2. The number of carbonyl (C=O) groups excluding carboxylic acids is 1. The zero-order chi connectivity index (χ0) is 19.1. The predicted octanol–water partition coefficient (Wildman–Crippen LogP) is 2.62. The molecule has 2 atom stereocenters. The molecule has 1 amide bonds. The highest BCUT2D eigenvalue weighted by Gasteiger charge is 2.34. The van der Waals surface area contributed by atoms with Gasteiger partial charge in [-0.3, -0.25) is 4.79 Å². The number of likely N-dealkylation sites (tertiary alicyclic amines) is 1. The summed E-state index contributed by atoms with van der Waals surface area (Å²) < 4.78 is 33.1. The fraction of sp³-hybridized carbons (Fsp3) is 0.471. The first-order valence-corrected chi connectivity index (χ1v) is 8.65. The molecule has 0 aromatic carbocycles. The molecular weight excluding hydrogens is 358 g/mol. The Kier molecular flexibility index (Phi) is 4.33. The van der Waals surface area contributed by atoms with Crippen LogP contribution in [0.2, 0.25) is 0 Å². The fourth-order valence-electron chi connectivity index (χ4n) is 3.51. The number of piperidine rings is 1. The topological polar surface area (TPSA) is 89.4 Å². The third-order valence-corrected chi connectivity index (χ3v) is 5.09. The number of carbonyl (C=O) groups is 1. The van der Waals surface area contributed by atoms with E-state index in [9.17, 15) is 13.6 Å². The van der Waals surface area contributed by atoms with Crippen LogP contribution in [0.15, 0.2) is 23.1 Å². The van der Waals surface area contributed by atoms with Gasteiger partial charge in [0.15, 0.2) is 0 Å². The van der Waals surface area contributed by atoms with Gasteiger partial charge < -0.3 is 9.42 Å². The predicted molar refractivity (Wildman–Crippen MR) is 89.4 cm³/mol. The van der Waals surface area contributed by atoms with Crippen LogP contribution in [0.3, 0.4) is 0 Å². The van der Waals surface area contributed by atoms with E-state index in [0.29, 0.717) is 24.3 Å². The molecule has 0 spiro atoms. The van der Waals surface area contributed by atoms with Gasteiger partial charge in [0.2, 0.25) is 5.76 Å². The summed E-state index contributed by atoms with van der Waals surface area (Å²) in [4.78, 5) is 22.3. The van der Waals surface area contributed by atoms with Gasteiger partial charge in [-0.2, -0.15) is 10.1 Å². The molecule has 142 valence electrons. The second-order valence-corrected chi connectivity index (χ2v) is 6.84. The van der Waals surface area contributed by atoms with Gasteiger partial charge >= 0.3 is 0 Å². The molecular formula is C17H18F2N6O2. The van der Waals surface area contributed by atoms with Crippen LogP contribution in [-0.2, 0) is 0 Å². The number of nitrogens with zero attached hydrogens (tertiary/aromatic N) is 6. The molecule has 0 bridgehead atoms. The molecule has 0 N–H and O–H groups in total. The number of hydrogen-bond donors (Lipinski definition) is 0. The highest BCUT2D eigenvalue weighted by Crippen LogP contribution is 2.34. The Labute approximate surface area is 153 Å². The first-order valence-electron chi connectivity index (χ1n) is 8.65. The number of aryl methyl sites for hydroxylation is 1. The Balaban J connectivity index is 1.70. The highest BCUT2D eigenvalue weighted by molar-refractivity contribution is 5.92. The lowest BCUT2D eigenvalue weighted by Crippen LogP contribution is -2.42. The van der Waals surface area contributed by atoms with E-state index in [1.807, 2.05) is 6.92 Å². The van der Waals surface area contributed by atoms with Gasteiger partial charge in [-0.1, -0.05) is 12.1 Å². The van der Waals surface area contributed by atoms with Crippen molar-refractivity contribution in [1.82, 2.24) is 29.6 Å². The number of hydrogen-bond acceptors (Lipinski definition) is 6. The van der Waals surface area contributed by atoms with E-state index in [4.69, 9.17) is 4.52 Å². The Morgan fingerprint density at radius 1 is 1.41 bits per heavy atom. The maximum absolute atomic E-state index is 13.3. The van der Waals surface area contributed by atoms with Crippen LogP contribution < -0.4 is 0 Å². The molecule has 1 saturated heterocycles. The van der Waals surface area contributed by atoms with Crippen LogP contribution in [0.5, 0.6) is 0 Å². The summed E-state index contributed by atoms with van der Waals surface area (Å²) in [7, 11) is 0. The SMILES string of the molecule is Cc1cnoc1C(=O)N1CC[C@@H](C)[C@H](c2cc(C(F)F)nc3ncnn23)C1. The largest absolute Gasteiger partial charge is 0.351 e. The normalized spacial score (nSPS) is 20.6. The number of amides is 1. The molecule has 1 fully saturated rings. The van der Waals surface area contributed by atoms with Crippen LogP contribution in [0.1, 0.15) is 53.2 Å². The van der Waals surface area contributed by atoms with E-state index >= 15 is 0 Å². The van der Waals surface area contributed by atoms with E-state index in [-0.39, 0.29) is 35.0 Å². The van der Waals surface area contributed by atoms with E-state index in [0.717, 1.165) is 6.42 Å². The average molecular weight is 376 g/mol. The molecule has 3 aromatic rings. The lowest BCUT2D eigenvalue weighted by molar-refractivity contribution is 0.0623. The van der Waals surface area contributed by atoms with Gasteiger partial charge in [0.05, 0.1) is 11.9 Å². The first-order chi connectivity index (χ1) is 13.0. The van der Waals surface area contributed by atoms with E-state index in [1.54, 1.807) is 11.8 Å². The molecule has 0 saturated carbocycles. The maximum Gasteiger partial charge on any atom is 0.292 e. The second-order valence-electron chi connectivity index (χ2n) is 6.84. The Morgan fingerprint density at radius 2 is 2.22 bits per heavy atom. The Hall–Kier alpha value is -2.91. The monoisotopic (exact) mass is 376 g/mol. The molecule has 0 unspecified atom stereocenters. The van der Waals surface area contributed by atoms with Crippen LogP contribution in [0, 0.1) is 12.8 Å². The van der Waals surface area contributed by atoms with Crippen molar-refractivity contribution in [3.05, 3.63) is 41.3 Å². The molecule has 27 heavy (non-hydrogen) atoms. The molecule has 4 heterocycles. The van der Waals surface area contributed by atoms with Crippen molar-refractivity contribution >= 4 is 11.7 Å². The molecule has 1 aliphatic rings. The highest BCUT2D eigenvalue weighted by atomic mass is 19.3. The molecule has 1 aliphatic heterocycles. The van der Waals surface area contributed by atoms with Crippen LogP contribution in [-0.4, -0.2) is 48.6 Å². The van der Waals surface area contributed by atoms with Gasteiger partial charge in [-0.25, -0.2) is 18.3 Å². The molecule has 0 aliphatic carbocycles. The Morgan fingerprint density at radius 3 is 2.93 bits per heavy atom. The van der Waals surface area contributed by atoms with Crippen LogP contribution in [0.25, 0.3) is 5.78 Å². The van der Waals surface area contributed by atoms with Crippen molar-refractivity contribution in [3.63, 3.8) is 0 Å². The van der Waals surface area contributed by atoms with E-state index in [1.165, 1.54) is 23.1 Å². The first kappa shape index (κ1) is 17.5. The summed E-state index contributed by atoms with van der Waals surface area (Å²) in [6, 6.07) is 1.36. The number of fused-ring (bicyclic) bond motifs is 1. The summed E-state index contributed by atoms with van der Waals surface area (Å²) in [5.74, 6) is 0.0717. The van der Waals surface area contributed by atoms with Crippen molar-refractivity contribution in [2.45, 2.75) is 32.6 Å². The van der Waals surface area contributed by atoms with Crippen LogP contribution in [0.4, 0.5) is 8.78 Å². The average Bonchev–Trinajstić information content (AvgIpc) is 3.29. The maximum atomic E-state index is 13.3. The zero-order valence-corrected chi connectivity index (χ0v) is 14.8. The van der Waals surface area contributed by atoms with E-state index in [2.05, 4.69) is 20.2 Å². The van der Waals surface area contributed by atoms with Crippen molar-refractivity contribution in [1.29, 1.82) is 0 Å². The summed E-state index contributed by atoms with van der Waals surface area (Å²) in [5, 5.41) is 7.79. The van der Waals surface area contributed by atoms with Gasteiger partial charge in [0, 0.05) is 24.6 Å². The quantitative estimate of drug-likeness (QED) is 0.698. The third-order valence-electron chi connectivity index (χ3n) is 5.09. The minimum Gasteiger partial charge on any atom is -0.351 e. The smallest absolute Gasteiger partial charge is 0.292 e. The Bertz CT molecular complexity index is 985. The zero-order valence-electron chi connectivity index (χ0n) is 14.8. The minimum absolute atomic E-state index is 0.129. The van der Waals surface area contributed by atoms with Crippen molar-refractivity contribution < 1.29 is 18.1 Å².